The Balaban J connectivity index is 1.13. The van der Waals surface area contributed by atoms with E-state index in [4.69, 9.17) is 9.47 Å². The summed E-state index contributed by atoms with van der Waals surface area (Å²) in [4.78, 5) is 23.3. The molecule has 0 radical (unpaired) electrons. The molecule has 6 nitrogen and oxygen atoms in total. The molecule has 0 aliphatic carbocycles. The average Bonchev–Trinajstić information content (AvgIpc) is 2.83. The Labute approximate surface area is 180 Å². The summed E-state index contributed by atoms with van der Waals surface area (Å²) in [5, 5.41) is 2.25. The highest BCUT2D eigenvalue weighted by Gasteiger charge is 2.24. The van der Waals surface area contributed by atoms with E-state index in [1.165, 1.54) is 0 Å². The molecule has 1 fully saturated rings. The van der Waals surface area contributed by atoms with Crippen LogP contribution in [0.25, 0.3) is 21.8 Å². The summed E-state index contributed by atoms with van der Waals surface area (Å²) in [5.41, 5.74) is 1.67. The highest BCUT2D eigenvalue weighted by molar-refractivity contribution is 5.84. The minimum Gasteiger partial charge on any atom is -0.484 e. The predicted octanol–water partition coefficient (Wildman–Crippen LogP) is 4.23. The van der Waals surface area contributed by atoms with Gasteiger partial charge in [-0.2, -0.15) is 0 Å². The van der Waals surface area contributed by atoms with Gasteiger partial charge in [0, 0.05) is 25.9 Å². The van der Waals surface area contributed by atoms with Gasteiger partial charge in [0.1, 0.15) is 11.9 Å². The molecule has 156 valence electrons. The number of carbonyl (C=O) groups excluding carboxylic acids is 1. The Morgan fingerprint density at radius 1 is 0.935 bits per heavy atom. The summed E-state index contributed by atoms with van der Waals surface area (Å²) in [6.07, 6.45) is 3.21. The van der Waals surface area contributed by atoms with E-state index in [9.17, 15) is 4.79 Å². The summed E-state index contributed by atoms with van der Waals surface area (Å²) in [5.74, 6) is 1.24. The first-order valence-electron chi connectivity index (χ1n) is 10.5. The van der Waals surface area contributed by atoms with Gasteiger partial charge in [0.15, 0.2) is 6.61 Å². The maximum Gasteiger partial charge on any atom is 0.260 e. The van der Waals surface area contributed by atoms with Crippen LogP contribution >= 0.6 is 0 Å². The van der Waals surface area contributed by atoms with Crippen LogP contribution in [-0.2, 0) is 4.79 Å². The number of benzene rings is 3. The maximum absolute atomic E-state index is 12.6. The lowest BCUT2D eigenvalue weighted by molar-refractivity contribution is -0.135. The highest BCUT2D eigenvalue weighted by Crippen LogP contribution is 2.22. The molecule has 0 atom stereocenters. The second kappa shape index (κ2) is 8.60. The molecule has 1 aliphatic rings. The predicted molar refractivity (Wildman–Crippen MR) is 119 cm³/mol. The number of nitrogens with zero attached hydrogens (tertiary/aromatic N) is 3. The second-order valence-electron chi connectivity index (χ2n) is 7.69. The van der Waals surface area contributed by atoms with Gasteiger partial charge < -0.3 is 14.4 Å². The van der Waals surface area contributed by atoms with Crippen LogP contribution in [0, 0.1) is 0 Å². The molecule has 2 heterocycles. The normalized spacial score (nSPS) is 14.6. The minimum atomic E-state index is -0.00268. The molecular weight excluding hydrogens is 390 g/mol. The molecule has 0 saturated carbocycles. The number of rotatable bonds is 5. The summed E-state index contributed by atoms with van der Waals surface area (Å²) < 4.78 is 11.8. The standard InChI is InChI=1S/C25H23N3O3/c29-25(17-30-21-10-9-18-5-1-2-6-19(18)15-21)28-13-11-20(12-14-28)31-24-16-26-22-7-3-4-8-23(22)27-24/h1-10,15-16,20H,11-14,17H2. The zero-order valence-corrected chi connectivity index (χ0v) is 17.1. The third-order valence-electron chi connectivity index (χ3n) is 5.59. The van der Waals surface area contributed by atoms with Crippen molar-refractivity contribution in [2.75, 3.05) is 19.7 Å². The third kappa shape index (κ3) is 4.43. The average molecular weight is 413 g/mol. The Hall–Kier alpha value is -3.67. The lowest BCUT2D eigenvalue weighted by Gasteiger charge is -2.31. The Morgan fingerprint density at radius 2 is 1.68 bits per heavy atom. The monoisotopic (exact) mass is 413 g/mol. The van der Waals surface area contributed by atoms with Crippen LogP contribution in [0.5, 0.6) is 11.6 Å². The molecule has 6 heteroatoms. The number of ether oxygens (including phenoxy) is 2. The first-order chi connectivity index (χ1) is 15.2. The third-order valence-corrected chi connectivity index (χ3v) is 5.59. The van der Waals surface area contributed by atoms with Crippen LogP contribution < -0.4 is 9.47 Å². The Kier molecular flexibility index (Phi) is 5.35. The molecule has 0 N–H and O–H groups in total. The lowest BCUT2D eigenvalue weighted by Crippen LogP contribution is -2.43. The molecule has 1 saturated heterocycles. The summed E-state index contributed by atoms with van der Waals surface area (Å²) >= 11 is 0. The van der Waals surface area contributed by atoms with Gasteiger partial charge in [-0.05, 0) is 35.0 Å². The molecule has 0 spiro atoms. The number of fused-ring (bicyclic) bond motifs is 2. The van der Waals surface area contributed by atoms with E-state index in [1.807, 2.05) is 65.6 Å². The van der Waals surface area contributed by atoms with Gasteiger partial charge in [-0.3, -0.25) is 4.79 Å². The van der Waals surface area contributed by atoms with Crippen molar-refractivity contribution in [3.8, 4) is 11.6 Å². The molecule has 31 heavy (non-hydrogen) atoms. The van der Waals surface area contributed by atoms with E-state index in [-0.39, 0.29) is 18.6 Å². The Bertz CT molecular complexity index is 1220. The fourth-order valence-electron chi connectivity index (χ4n) is 3.88. The maximum atomic E-state index is 12.6. The number of piperidine rings is 1. The van der Waals surface area contributed by atoms with Gasteiger partial charge >= 0.3 is 0 Å². The van der Waals surface area contributed by atoms with Gasteiger partial charge in [-0.1, -0.05) is 42.5 Å². The van der Waals surface area contributed by atoms with Gasteiger partial charge in [-0.25, -0.2) is 9.97 Å². The fourth-order valence-corrected chi connectivity index (χ4v) is 3.88. The smallest absolute Gasteiger partial charge is 0.260 e. The quantitative estimate of drug-likeness (QED) is 0.490. The van der Waals surface area contributed by atoms with Crippen LogP contribution in [-0.4, -0.2) is 46.6 Å². The van der Waals surface area contributed by atoms with E-state index < -0.39 is 0 Å². The largest absolute Gasteiger partial charge is 0.484 e. The first-order valence-corrected chi connectivity index (χ1v) is 10.5. The molecule has 4 aromatic rings. The van der Waals surface area contributed by atoms with Crippen LogP contribution in [0.2, 0.25) is 0 Å². The zero-order valence-electron chi connectivity index (χ0n) is 17.1. The van der Waals surface area contributed by atoms with E-state index in [0.29, 0.717) is 24.7 Å². The van der Waals surface area contributed by atoms with Crippen LogP contribution in [0.1, 0.15) is 12.8 Å². The topological polar surface area (TPSA) is 64.5 Å². The van der Waals surface area contributed by atoms with Gasteiger partial charge in [0.05, 0.1) is 17.2 Å². The lowest BCUT2D eigenvalue weighted by atomic mass is 10.1. The summed E-state index contributed by atoms with van der Waals surface area (Å²) in [7, 11) is 0. The molecule has 1 aliphatic heterocycles. The van der Waals surface area contributed by atoms with Crippen molar-refractivity contribution in [1.82, 2.24) is 14.9 Å². The van der Waals surface area contributed by atoms with E-state index in [1.54, 1.807) is 6.20 Å². The van der Waals surface area contributed by atoms with Gasteiger partial charge in [0.25, 0.3) is 5.91 Å². The molecule has 1 amide bonds. The molecule has 5 rings (SSSR count). The number of aromatic nitrogens is 2. The summed E-state index contributed by atoms with van der Waals surface area (Å²) in [6.45, 7) is 1.33. The number of likely N-dealkylation sites (tertiary alicyclic amines) is 1. The van der Waals surface area contributed by atoms with E-state index in [2.05, 4.69) is 16.0 Å². The minimum absolute atomic E-state index is 0.00268. The summed E-state index contributed by atoms with van der Waals surface area (Å²) in [6, 6.07) is 21.7. The van der Waals surface area contributed by atoms with Crippen molar-refractivity contribution in [1.29, 1.82) is 0 Å². The van der Waals surface area contributed by atoms with Crippen molar-refractivity contribution >= 4 is 27.7 Å². The SMILES string of the molecule is O=C(COc1ccc2ccccc2c1)N1CCC(Oc2cnc3ccccc3n2)CC1. The van der Waals surface area contributed by atoms with Crippen molar-refractivity contribution in [2.45, 2.75) is 18.9 Å². The first kappa shape index (κ1) is 19.3. The molecule has 1 aromatic heterocycles. The van der Waals surface area contributed by atoms with Crippen molar-refractivity contribution in [2.24, 2.45) is 0 Å². The fraction of sp³-hybridized carbons (Fsp3) is 0.240. The number of hydrogen-bond acceptors (Lipinski definition) is 5. The van der Waals surface area contributed by atoms with E-state index >= 15 is 0 Å². The van der Waals surface area contributed by atoms with Gasteiger partial charge in [0.2, 0.25) is 5.88 Å². The second-order valence-corrected chi connectivity index (χ2v) is 7.69. The number of amides is 1. The number of hydrogen-bond donors (Lipinski definition) is 0. The van der Waals surface area contributed by atoms with Crippen molar-refractivity contribution in [3.05, 3.63) is 72.9 Å². The van der Waals surface area contributed by atoms with Crippen LogP contribution in [0.15, 0.2) is 72.9 Å². The van der Waals surface area contributed by atoms with Crippen LogP contribution in [0.3, 0.4) is 0 Å². The highest BCUT2D eigenvalue weighted by atomic mass is 16.5. The number of carbonyl (C=O) groups is 1. The molecular formula is C25H23N3O3. The van der Waals surface area contributed by atoms with Gasteiger partial charge in [-0.15, -0.1) is 0 Å². The van der Waals surface area contributed by atoms with Crippen molar-refractivity contribution in [3.63, 3.8) is 0 Å². The molecule has 3 aromatic carbocycles. The molecule has 0 bridgehead atoms. The van der Waals surface area contributed by atoms with Crippen LogP contribution in [0.4, 0.5) is 0 Å². The Morgan fingerprint density at radius 3 is 2.52 bits per heavy atom. The van der Waals surface area contributed by atoms with E-state index in [0.717, 1.165) is 34.6 Å². The molecule has 0 unspecified atom stereocenters. The zero-order chi connectivity index (χ0) is 21.0. The number of para-hydroxylation sites is 2. The van der Waals surface area contributed by atoms with Crippen molar-refractivity contribution < 1.29 is 14.3 Å².